The monoisotopic (exact) mass is 353 g/mol. The van der Waals surface area contributed by atoms with Crippen molar-refractivity contribution in [2.45, 2.75) is 26.3 Å². The van der Waals surface area contributed by atoms with Crippen molar-refractivity contribution in [3.05, 3.63) is 75.4 Å². The summed E-state index contributed by atoms with van der Waals surface area (Å²) in [5.41, 5.74) is 3.12. The van der Waals surface area contributed by atoms with Crippen molar-refractivity contribution in [2.24, 2.45) is 0 Å². The Morgan fingerprint density at radius 3 is 2.88 bits per heavy atom. The first-order valence-corrected chi connectivity index (χ1v) is 8.82. The van der Waals surface area contributed by atoms with Crippen LogP contribution in [-0.4, -0.2) is 18.2 Å². The average Bonchev–Trinajstić information content (AvgIpc) is 2.65. The van der Waals surface area contributed by atoms with Crippen molar-refractivity contribution in [2.75, 3.05) is 13.3 Å². The van der Waals surface area contributed by atoms with Gasteiger partial charge >= 0.3 is 5.63 Å². The van der Waals surface area contributed by atoms with E-state index in [2.05, 4.69) is 4.90 Å². The maximum absolute atomic E-state index is 13.3. The summed E-state index contributed by atoms with van der Waals surface area (Å²) in [4.78, 5) is 14.0. The first kappa shape index (κ1) is 16.8. The van der Waals surface area contributed by atoms with Crippen LogP contribution in [0.5, 0.6) is 5.75 Å². The molecule has 5 heteroatoms. The SMILES string of the molecule is CCc1cc(=O)oc2c3c(ccc12)OCN(CCc1cccc(F)c1)C3. The lowest BCUT2D eigenvalue weighted by atomic mass is 10.0. The van der Waals surface area contributed by atoms with E-state index in [1.807, 2.05) is 25.1 Å². The molecule has 0 N–H and O–H groups in total. The molecule has 0 bridgehead atoms. The van der Waals surface area contributed by atoms with E-state index < -0.39 is 0 Å². The van der Waals surface area contributed by atoms with Crippen molar-refractivity contribution in [1.82, 2.24) is 4.90 Å². The van der Waals surface area contributed by atoms with E-state index in [-0.39, 0.29) is 11.4 Å². The second-order valence-electron chi connectivity index (χ2n) is 6.57. The smallest absolute Gasteiger partial charge is 0.336 e. The van der Waals surface area contributed by atoms with Gasteiger partial charge in [-0.1, -0.05) is 19.1 Å². The van der Waals surface area contributed by atoms with Crippen LogP contribution in [0.1, 0.15) is 23.6 Å². The molecule has 0 spiro atoms. The highest BCUT2D eigenvalue weighted by Crippen LogP contribution is 2.33. The lowest BCUT2D eigenvalue weighted by molar-refractivity contribution is 0.0967. The normalized spacial score (nSPS) is 14.2. The number of hydrogen-bond acceptors (Lipinski definition) is 4. The van der Waals surface area contributed by atoms with Crippen LogP contribution >= 0.6 is 0 Å². The molecule has 134 valence electrons. The van der Waals surface area contributed by atoms with Crippen LogP contribution in [0.15, 0.2) is 51.7 Å². The van der Waals surface area contributed by atoms with E-state index in [1.165, 1.54) is 6.07 Å². The number of rotatable bonds is 4. The van der Waals surface area contributed by atoms with Gasteiger partial charge in [0.15, 0.2) is 0 Å². The molecule has 4 nitrogen and oxygen atoms in total. The molecule has 0 saturated heterocycles. The van der Waals surface area contributed by atoms with Gasteiger partial charge in [0.2, 0.25) is 0 Å². The van der Waals surface area contributed by atoms with Crippen LogP contribution in [0.4, 0.5) is 4.39 Å². The molecule has 0 fully saturated rings. The number of fused-ring (bicyclic) bond motifs is 3. The molecule has 0 amide bonds. The Morgan fingerprint density at radius 1 is 1.19 bits per heavy atom. The van der Waals surface area contributed by atoms with Crippen molar-refractivity contribution in [1.29, 1.82) is 0 Å². The van der Waals surface area contributed by atoms with Crippen molar-refractivity contribution in [3.63, 3.8) is 0 Å². The molecule has 2 heterocycles. The third-order valence-electron chi connectivity index (χ3n) is 4.83. The second-order valence-corrected chi connectivity index (χ2v) is 6.57. The molecule has 4 rings (SSSR count). The molecule has 0 saturated carbocycles. The standard InChI is InChI=1S/C21H20FNO3/c1-2-15-11-20(24)26-21-17(15)6-7-19-18(21)12-23(13-25-19)9-8-14-4-3-5-16(22)10-14/h3-7,10-11H,2,8-9,12-13H2,1H3. The van der Waals surface area contributed by atoms with Crippen LogP contribution < -0.4 is 10.4 Å². The topological polar surface area (TPSA) is 42.7 Å². The highest BCUT2D eigenvalue weighted by molar-refractivity contribution is 5.85. The molecule has 0 atom stereocenters. The van der Waals surface area contributed by atoms with Crippen LogP contribution in [-0.2, 0) is 19.4 Å². The summed E-state index contributed by atoms with van der Waals surface area (Å²) in [6, 6.07) is 12.1. The molecule has 1 aliphatic heterocycles. The zero-order valence-electron chi connectivity index (χ0n) is 14.6. The molecule has 2 aromatic carbocycles. The van der Waals surface area contributed by atoms with Crippen LogP contribution in [0.2, 0.25) is 0 Å². The molecule has 1 aliphatic rings. The number of hydrogen-bond donors (Lipinski definition) is 0. The quantitative estimate of drug-likeness (QED) is 0.668. The Morgan fingerprint density at radius 2 is 2.08 bits per heavy atom. The minimum absolute atomic E-state index is 0.220. The maximum atomic E-state index is 13.3. The first-order chi connectivity index (χ1) is 12.6. The van der Waals surface area contributed by atoms with Gasteiger partial charge in [-0.3, -0.25) is 4.90 Å². The second kappa shape index (κ2) is 6.92. The predicted molar refractivity (Wildman–Crippen MR) is 97.9 cm³/mol. The van der Waals surface area contributed by atoms with Crippen LogP contribution in [0.25, 0.3) is 11.0 Å². The Bertz CT molecular complexity index is 1010. The van der Waals surface area contributed by atoms with Crippen molar-refractivity contribution >= 4 is 11.0 Å². The predicted octanol–water partition coefficient (Wildman–Crippen LogP) is 3.89. The third-order valence-corrected chi connectivity index (χ3v) is 4.83. The minimum Gasteiger partial charge on any atom is -0.478 e. The van der Waals surface area contributed by atoms with Gasteiger partial charge in [0.25, 0.3) is 0 Å². The van der Waals surface area contributed by atoms with Crippen molar-refractivity contribution in [3.8, 4) is 5.75 Å². The van der Waals surface area contributed by atoms with E-state index in [0.29, 0.717) is 18.9 Å². The minimum atomic E-state index is -0.334. The van der Waals surface area contributed by atoms with Gasteiger partial charge in [0.1, 0.15) is 23.9 Å². The van der Waals surface area contributed by atoms with E-state index >= 15 is 0 Å². The first-order valence-electron chi connectivity index (χ1n) is 8.82. The molecule has 0 aliphatic carbocycles. The maximum Gasteiger partial charge on any atom is 0.336 e. The lowest BCUT2D eigenvalue weighted by Crippen LogP contribution is -2.33. The Labute approximate surface area is 150 Å². The van der Waals surface area contributed by atoms with E-state index in [1.54, 1.807) is 18.2 Å². The van der Waals surface area contributed by atoms with Gasteiger partial charge in [-0.25, -0.2) is 9.18 Å². The summed E-state index contributed by atoms with van der Waals surface area (Å²) in [7, 11) is 0. The Balaban J connectivity index is 1.61. The molecule has 1 aromatic heterocycles. The van der Waals surface area contributed by atoms with E-state index in [4.69, 9.17) is 9.15 Å². The van der Waals surface area contributed by atoms with Gasteiger partial charge in [0.05, 0.1) is 5.56 Å². The summed E-state index contributed by atoms with van der Waals surface area (Å²) < 4.78 is 24.7. The van der Waals surface area contributed by atoms with Crippen LogP contribution in [0, 0.1) is 5.82 Å². The number of benzene rings is 2. The largest absolute Gasteiger partial charge is 0.478 e. The van der Waals surface area contributed by atoms with Crippen molar-refractivity contribution < 1.29 is 13.5 Å². The molecule has 0 unspecified atom stereocenters. The number of nitrogens with zero attached hydrogens (tertiary/aromatic N) is 1. The van der Waals surface area contributed by atoms with Gasteiger partial charge in [0, 0.05) is 24.5 Å². The fraction of sp³-hybridized carbons (Fsp3) is 0.286. The number of ether oxygens (including phenoxy) is 1. The highest BCUT2D eigenvalue weighted by Gasteiger charge is 2.22. The molecular weight excluding hydrogens is 333 g/mol. The highest BCUT2D eigenvalue weighted by atomic mass is 19.1. The summed E-state index contributed by atoms with van der Waals surface area (Å²) >= 11 is 0. The molecule has 3 aromatic rings. The summed E-state index contributed by atoms with van der Waals surface area (Å²) in [5.74, 6) is 0.540. The average molecular weight is 353 g/mol. The lowest BCUT2D eigenvalue weighted by Gasteiger charge is -2.29. The fourth-order valence-corrected chi connectivity index (χ4v) is 3.46. The summed E-state index contributed by atoms with van der Waals surface area (Å²) in [5, 5.41) is 0.960. The number of aryl methyl sites for hydroxylation is 1. The molecule has 0 radical (unpaired) electrons. The van der Waals surface area contributed by atoms with Gasteiger partial charge in [-0.15, -0.1) is 0 Å². The van der Waals surface area contributed by atoms with Gasteiger partial charge < -0.3 is 9.15 Å². The zero-order chi connectivity index (χ0) is 18.1. The third kappa shape index (κ3) is 3.22. The molecule has 26 heavy (non-hydrogen) atoms. The van der Waals surface area contributed by atoms with Crippen LogP contribution in [0.3, 0.4) is 0 Å². The molecular formula is C21H20FNO3. The van der Waals surface area contributed by atoms with Gasteiger partial charge in [-0.2, -0.15) is 0 Å². The van der Waals surface area contributed by atoms with Gasteiger partial charge in [-0.05, 0) is 48.2 Å². The van der Waals surface area contributed by atoms with E-state index in [9.17, 15) is 9.18 Å². The summed E-state index contributed by atoms with van der Waals surface area (Å²) in [6.07, 6.45) is 1.50. The van der Waals surface area contributed by atoms with E-state index in [0.717, 1.165) is 47.2 Å². The fourth-order valence-electron chi connectivity index (χ4n) is 3.46. The Hall–Kier alpha value is -2.66. The zero-order valence-corrected chi connectivity index (χ0v) is 14.6. The number of halogens is 1. The Kier molecular flexibility index (Phi) is 4.47. The summed E-state index contributed by atoms with van der Waals surface area (Å²) in [6.45, 7) is 3.86.